The Morgan fingerprint density at radius 3 is 3.00 bits per heavy atom. The lowest BCUT2D eigenvalue weighted by atomic mass is 10.1. The second-order valence-corrected chi connectivity index (χ2v) is 4.53. The molecule has 100 valence electrons. The summed E-state index contributed by atoms with van der Waals surface area (Å²) in [5.41, 5.74) is 0.505. The van der Waals surface area contributed by atoms with Crippen LogP contribution in [0.2, 0.25) is 0 Å². The highest BCUT2D eigenvalue weighted by atomic mass is 16.7. The number of ether oxygens (including phenoxy) is 2. The lowest BCUT2D eigenvalue weighted by Crippen LogP contribution is -2.55. The molecule has 0 radical (unpaired) electrons. The Labute approximate surface area is 110 Å². The Morgan fingerprint density at radius 1 is 1.37 bits per heavy atom. The third-order valence-corrected chi connectivity index (χ3v) is 3.38. The van der Waals surface area contributed by atoms with Crippen molar-refractivity contribution in [3.05, 3.63) is 23.8 Å². The van der Waals surface area contributed by atoms with E-state index in [9.17, 15) is 9.59 Å². The first kappa shape index (κ1) is 11.8. The van der Waals surface area contributed by atoms with Crippen LogP contribution in [-0.2, 0) is 4.79 Å². The number of fused-ring (bicyclic) bond motifs is 1. The van der Waals surface area contributed by atoms with Crippen molar-refractivity contribution in [2.75, 3.05) is 19.9 Å². The van der Waals surface area contributed by atoms with Crippen LogP contribution in [-0.4, -0.2) is 42.6 Å². The number of hydrogen-bond acceptors (Lipinski definition) is 4. The standard InChI is InChI=1S/C13H14N2O4/c1-8-12(16)14-4-5-15(8)13(17)9-2-3-10-11(6-9)19-7-18-10/h2-3,6,8H,4-5,7H2,1H3,(H,14,16). The fourth-order valence-corrected chi connectivity index (χ4v) is 2.26. The highest BCUT2D eigenvalue weighted by molar-refractivity contribution is 5.98. The van der Waals surface area contributed by atoms with Crippen molar-refractivity contribution >= 4 is 11.8 Å². The average molecular weight is 262 g/mol. The van der Waals surface area contributed by atoms with E-state index >= 15 is 0 Å². The SMILES string of the molecule is CC1C(=O)NCCN1C(=O)c1ccc2c(c1)OCO2. The first-order valence-corrected chi connectivity index (χ1v) is 6.15. The summed E-state index contributed by atoms with van der Waals surface area (Å²) < 4.78 is 10.5. The van der Waals surface area contributed by atoms with Gasteiger partial charge in [0.05, 0.1) is 0 Å². The van der Waals surface area contributed by atoms with Crippen molar-refractivity contribution in [3.8, 4) is 11.5 Å². The smallest absolute Gasteiger partial charge is 0.254 e. The van der Waals surface area contributed by atoms with Crippen LogP contribution >= 0.6 is 0 Å². The van der Waals surface area contributed by atoms with Crippen molar-refractivity contribution in [1.82, 2.24) is 10.2 Å². The van der Waals surface area contributed by atoms with Crippen molar-refractivity contribution in [1.29, 1.82) is 0 Å². The van der Waals surface area contributed by atoms with Gasteiger partial charge in [-0.25, -0.2) is 0 Å². The number of benzene rings is 1. The summed E-state index contributed by atoms with van der Waals surface area (Å²) in [7, 11) is 0. The molecule has 1 unspecified atom stereocenters. The number of carbonyl (C=O) groups is 2. The van der Waals surface area contributed by atoms with Crippen molar-refractivity contribution < 1.29 is 19.1 Å². The van der Waals surface area contributed by atoms with Gasteiger partial charge in [0.25, 0.3) is 5.91 Å². The van der Waals surface area contributed by atoms with Gasteiger partial charge in [0.1, 0.15) is 6.04 Å². The number of amides is 2. The molecule has 1 fully saturated rings. The van der Waals surface area contributed by atoms with Gasteiger partial charge < -0.3 is 19.7 Å². The molecular formula is C13H14N2O4. The monoisotopic (exact) mass is 262 g/mol. The second-order valence-electron chi connectivity index (χ2n) is 4.53. The van der Waals surface area contributed by atoms with Gasteiger partial charge in [-0.2, -0.15) is 0 Å². The number of nitrogens with one attached hydrogen (secondary N) is 1. The predicted molar refractivity (Wildman–Crippen MR) is 66.1 cm³/mol. The molecule has 1 saturated heterocycles. The molecule has 0 spiro atoms. The molecule has 19 heavy (non-hydrogen) atoms. The predicted octanol–water partition coefficient (Wildman–Crippen LogP) is 0.376. The van der Waals surface area contributed by atoms with Gasteiger partial charge in [-0.15, -0.1) is 0 Å². The van der Waals surface area contributed by atoms with Gasteiger partial charge in [0.15, 0.2) is 11.5 Å². The van der Waals surface area contributed by atoms with Crippen molar-refractivity contribution in [2.45, 2.75) is 13.0 Å². The minimum Gasteiger partial charge on any atom is -0.454 e. The van der Waals surface area contributed by atoms with Crippen LogP contribution in [0.3, 0.4) is 0 Å². The molecule has 1 atom stereocenters. The van der Waals surface area contributed by atoms with Gasteiger partial charge in [-0.3, -0.25) is 9.59 Å². The van der Waals surface area contributed by atoms with E-state index in [2.05, 4.69) is 5.32 Å². The van der Waals surface area contributed by atoms with Crippen LogP contribution in [0.5, 0.6) is 11.5 Å². The first-order valence-electron chi connectivity index (χ1n) is 6.15. The summed E-state index contributed by atoms with van der Waals surface area (Å²) in [6.45, 7) is 2.90. The molecule has 1 aromatic carbocycles. The Bertz CT molecular complexity index is 543. The zero-order chi connectivity index (χ0) is 13.4. The van der Waals surface area contributed by atoms with Crippen LogP contribution < -0.4 is 14.8 Å². The zero-order valence-electron chi connectivity index (χ0n) is 10.5. The fraction of sp³-hybridized carbons (Fsp3) is 0.385. The normalized spacial score (nSPS) is 21.2. The van der Waals surface area contributed by atoms with E-state index in [4.69, 9.17) is 9.47 Å². The van der Waals surface area contributed by atoms with Gasteiger partial charge in [0.2, 0.25) is 12.7 Å². The molecule has 2 aliphatic rings. The van der Waals surface area contributed by atoms with Crippen LogP contribution in [0.4, 0.5) is 0 Å². The van der Waals surface area contributed by atoms with E-state index in [0.717, 1.165) is 0 Å². The summed E-state index contributed by atoms with van der Waals surface area (Å²) in [6, 6.07) is 4.61. The number of rotatable bonds is 1. The third kappa shape index (κ3) is 1.99. The fourth-order valence-electron chi connectivity index (χ4n) is 2.26. The molecular weight excluding hydrogens is 248 g/mol. The Hall–Kier alpha value is -2.24. The van der Waals surface area contributed by atoms with Crippen LogP contribution in [0.15, 0.2) is 18.2 Å². The molecule has 0 aliphatic carbocycles. The minimum atomic E-state index is -0.452. The molecule has 1 aromatic rings. The Kier molecular flexibility index (Phi) is 2.77. The quantitative estimate of drug-likeness (QED) is 0.794. The maximum absolute atomic E-state index is 12.4. The van der Waals surface area contributed by atoms with Crippen LogP contribution in [0.25, 0.3) is 0 Å². The Morgan fingerprint density at radius 2 is 2.16 bits per heavy atom. The van der Waals surface area contributed by atoms with E-state index in [1.807, 2.05) is 0 Å². The number of hydrogen-bond donors (Lipinski definition) is 1. The van der Waals surface area contributed by atoms with E-state index in [1.54, 1.807) is 30.0 Å². The zero-order valence-corrected chi connectivity index (χ0v) is 10.5. The van der Waals surface area contributed by atoms with E-state index in [0.29, 0.717) is 30.2 Å². The van der Waals surface area contributed by atoms with Gasteiger partial charge >= 0.3 is 0 Å². The average Bonchev–Trinajstić information content (AvgIpc) is 2.88. The molecule has 0 saturated carbocycles. The molecule has 0 bridgehead atoms. The summed E-state index contributed by atoms with van der Waals surface area (Å²) in [5, 5.41) is 2.73. The minimum absolute atomic E-state index is 0.125. The third-order valence-electron chi connectivity index (χ3n) is 3.38. The van der Waals surface area contributed by atoms with Gasteiger partial charge in [-0.05, 0) is 25.1 Å². The van der Waals surface area contributed by atoms with Gasteiger partial charge in [0, 0.05) is 18.7 Å². The van der Waals surface area contributed by atoms with Gasteiger partial charge in [-0.1, -0.05) is 0 Å². The molecule has 2 heterocycles. The number of carbonyl (C=O) groups excluding carboxylic acids is 2. The van der Waals surface area contributed by atoms with Crippen LogP contribution in [0, 0.1) is 0 Å². The molecule has 6 nitrogen and oxygen atoms in total. The van der Waals surface area contributed by atoms with E-state index in [1.165, 1.54) is 0 Å². The summed E-state index contributed by atoms with van der Waals surface area (Å²) in [6.07, 6.45) is 0. The summed E-state index contributed by atoms with van der Waals surface area (Å²) in [5.74, 6) is 0.918. The first-order chi connectivity index (χ1) is 9.16. The van der Waals surface area contributed by atoms with E-state index in [-0.39, 0.29) is 18.6 Å². The molecule has 0 aromatic heterocycles. The maximum Gasteiger partial charge on any atom is 0.254 e. The second kappa shape index (κ2) is 4.46. The molecule has 6 heteroatoms. The Balaban J connectivity index is 1.85. The topological polar surface area (TPSA) is 67.9 Å². The molecule has 2 amide bonds. The maximum atomic E-state index is 12.4. The highest BCUT2D eigenvalue weighted by Gasteiger charge is 2.30. The lowest BCUT2D eigenvalue weighted by molar-refractivity contribution is -0.127. The van der Waals surface area contributed by atoms with Crippen molar-refractivity contribution in [3.63, 3.8) is 0 Å². The summed E-state index contributed by atoms with van der Waals surface area (Å²) >= 11 is 0. The highest BCUT2D eigenvalue weighted by Crippen LogP contribution is 2.32. The number of piperazine rings is 1. The molecule has 3 rings (SSSR count). The lowest BCUT2D eigenvalue weighted by Gasteiger charge is -2.32. The molecule has 1 N–H and O–H groups in total. The van der Waals surface area contributed by atoms with Crippen LogP contribution in [0.1, 0.15) is 17.3 Å². The summed E-state index contributed by atoms with van der Waals surface area (Å²) in [4.78, 5) is 25.5. The van der Waals surface area contributed by atoms with Crippen molar-refractivity contribution in [2.24, 2.45) is 0 Å². The number of nitrogens with zero attached hydrogens (tertiary/aromatic N) is 1. The molecule has 2 aliphatic heterocycles. The van der Waals surface area contributed by atoms with E-state index < -0.39 is 6.04 Å². The largest absolute Gasteiger partial charge is 0.454 e.